The van der Waals surface area contributed by atoms with Crippen LogP contribution in [0.15, 0.2) is 0 Å². The third kappa shape index (κ3) is 6.03. The Kier molecular flexibility index (Phi) is 4.29. The maximum Gasteiger partial charge on any atom is 0.0891 e. The summed E-state index contributed by atoms with van der Waals surface area (Å²) in [6.07, 6.45) is 0.936. The Morgan fingerprint density at radius 2 is 1.90 bits per heavy atom. The summed E-state index contributed by atoms with van der Waals surface area (Å²) in [6.45, 7) is 8.51. The van der Waals surface area contributed by atoms with Crippen molar-refractivity contribution >= 4 is 39.0 Å². The molecule has 0 radical (unpaired) electrons. The Hall–Kier alpha value is 1.29. The van der Waals surface area contributed by atoms with E-state index in [1.165, 1.54) is 0 Å². The topological polar surface area (TPSA) is 0 Å². The van der Waals surface area contributed by atoms with Crippen molar-refractivity contribution in [2.24, 2.45) is 0 Å². The van der Waals surface area contributed by atoms with E-state index in [1.54, 1.807) is 11.4 Å². The molecule has 0 spiro atoms. The second-order valence-electron chi connectivity index (χ2n) is 3.11. The fraction of sp³-hybridized carbons (Fsp3) is 1.00. The Morgan fingerprint density at radius 1 is 1.50 bits per heavy atom. The Bertz CT molecular complexity index is 150. The molecule has 0 fully saturated rings. The maximum absolute atomic E-state index is 6.09. The molecule has 0 N–H and O–H groups in total. The molecule has 0 aromatic rings. The van der Waals surface area contributed by atoms with E-state index >= 15 is 0 Å². The van der Waals surface area contributed by atoms with Crippen molar-refractivity contribution in [2.45, 2.75) is 32.4 Å². The first-order valence-corrected chi connectivity index (χ1v) is 8.58. The molecule has 0 bridgehead atoms. The zero-order chi connectivity index (χ0) is 8.41. The van der Waals surface area contributed by atoms with E-state index in [4.69, 9.17) is 23.0 Å². The van der Waals surface area contributed by atoms with Gasteiger partial charge in [0.25, 0.3) is 0 Å². The van der Waals surface area contributed by atoms with Gasteiger partial charge in [0.1, 0.15) is 0 Å². The van der Waals surface area contributed by atoms with Gasteiger partial charge in [0.15, 0.2) is 0 Å². The largest absolute Gasteiger partial charge is 0.103 e. The van der Waals surface area contributed by atoms with Crippen LogP contribution in [0, 0.1) is 0 Å². The van der Waals surface area contributed by atoms with Crippen molar-refractivity contribution in [3.05, 3.63) is 0 Å². The summed E-state index contributed by atoms with van der Waals surface area (Å²) in [7, 11) is 0. The highest BCUT2D eigenvalue weighted by molar-refractivity contribution is 8.78. The molecule has 0 amide bonds. The van der Waals surface area contributed by atoms with Gasteiger partial charge in [-0.25, -0.2) is 0 Å². The van der Waals surface area contributed by atoms with Gasteiger partial charge in [-0.05, 0) is 6.16 Å². The Morgan fingerprint density at radius 3 is 2.00 bits per heavy atom. The van der Waals surface area contributed by atoms with E-state index < -0.39 is 4.59 Å². The van der Waals surface area contributed by atoms with Gasteiger partial charge in [0, 0.05) is 4.75 Å². The molecule has 0 nitrogen and oxygen atoms in total. The summed E-state index contributed by atoms with van der Waals surface area (Å²) in [5, 5.41) is 0. The van der Waals surface area contributed by atoms with Crippen LogP contribution in [0.5, 0.6) is 0 Å². The lowest BCUT2D eigenvalue weighted by Gasteiger charge is -2.22. The van der Waals surface area contributed by atoms with E-state index in [9.17, 15) is 0 Å². The fourth-order valence-electron chi connectivity index (χ4n) is 0.474. The summed E-state index contributed by atoms with van der Waals surface area (Å²) in [4.78, 5) is 0. The standard InChI is InChI=1S/C6H14ClPS2/c1-5-8(7,9)10-6(2,3)4/h5H2,1-4H3. The lowest BCUT2D eigenvalue weighted by molar-refractivity contribution is 0.810. The monoisotopic (exact) mass is 216 g/mol. The average Bonchev–Trinajstić information content (AvgIpc) is 1.60. The lowest BCUT2D eigenvalue weighted by Crippen LogP contribution is -2.05. The summed E-state index contributed by atoms with van der Waals surface area (Å²) < 4.78 is -1.36. The quantitative estimate of drug-likeness (QED) is 0.638. The van der Waals surface area contributed by atoms with Crippen LogP contribution in [0.25, 0.3) is 0 Å². The van der Waals surface area contributed by atoms with Gasteiger partial charge < -0.3 is 0 Å². The number of hydrogen-bond acceptors (Lipinski definition) is 2. The highest BCUT2D eigenvalue weighted by Crippen LogP contribution is 2.67. The van der Waals surface area contributed by atoms with Crippen molar-refractivity contribution in [1.82, 2.24) is 0 Å². The predicted octanol–water partition coefficient (Wildman–Crippen LogP) is 4.09. The number of halogens is 1. The van der Waals surface area contributed by atoms with Crippen LogP contribution in [0.1, 0.15) is 27.7 Å². The van der Waals surface area contributed by atoms with Gasteiger partial charge in [-0.1, -0.05) is 50.7 Å². The average molecular weight is 217 g/mol. The van der Waals surface area contributed by atoms with Crippen molar-refractivity contribution < 1.29 is 0 Å². The maximum atomic E-state index is 6.09. The van der Waals surface area contributed by atoms with Crippen LogP contribution in [0.3, 0.4) is 0 Å². The first-order chi connectivity index (χ1) is 4.27. The molecule has 1 unspecified atom stereocenters. The van der Waals surface area contributed by atoms with E-state index in [0.717, 1.165) is 6.16 Å². The molecular formula is C6H14ClPS2. The second kappa shape index (κ2) is 3.80. The minimum atomic E-state index is -1.57. The molecule has 62 valence electrons. The molecule has 0 aromatic carbocycles. The molecule has 0 saturated carbocycles. The van der Waals surface area contributed by atoms with Gasteiger partial charge >= 0.3 is 0 Å². The molecule has 0 aliphatic heterocycles. The normalized spacial score (nSPS) is 18.5. The van der Waals surface area contributed by atoms with Crippen LogP contribution in [0.2, 0.25) is 0 Å². The van der Waals surface area contributed by atoms with Gasteiger partial charge in [-0.15, -0.1) is 11.4 Å². The summed E-state index contributed by atoms with van der Waals surface area (Å²) in [5.41, 5.74) is 0. The molecule has 0 heterocycles. The molecule has 0 rings (SSSR count). The third-order valence-corrected chi connectivity index (χ3v) is 8.38. The third-order valence-electron chi connectivity index (χ3n) is 0.788. The fourth-order valence-corrected chi connectivity index (χ4v) is 8.14. The van der Waals surface area contributed by atoms with Crippen molar-refractivity contribution in [3.63, 3.8) is 0 Å². The van der Waals surface area contributed by atoms with Gasteiger partial charge in [-0.2, -0.15) is 0 Å². The minimum absolute atomic E-state index is 0.216. The van der Waals surface area contributed by atoms with Crippen LogP contribution < -0.4 is 0 Å². The van der Waals surface area contributed by atoms with E-state index in [1.807, 2.05) is 0 Å². The minimum Gasteiger partial charge on any atom is -0.103 e. The molecule has 0 aliphatic rings. The predicted molar refractivity (Wildman–Crippen MR) is 58.0 cm³/mol. The Balaban J connectivity index is 4.03. The lowest BCUT2D eigenvalue weighted by atomic mass is 10.3. The smallest absolute Gasteiger partial charge is 0.0891 e. The van der Waals surface area contributed by atoms with E-state index in [0.29, 0.717) is 0 Å². The SMILES string of the molecule is CCP(=S)(Cl)SC(C)(C)C. The van der Waals surface area contributed by atoms with E-state index in [-0.39, 0.29) is 4.75 Å². The second-order valence-corrected chi connectivity index (χ2v) is 14.2. The first-order valence-electron chi connectivity index (χ1n) is 3.26. The first kappa shape index (κ1) is 11.3. The highest BCUT2D eigenvalue weighted by Gasteiger charge is 2.21. The van der Waals surface area contributed by atoms with E-state index in [2.05, 4.69) is 27.7 Å². The molecule has 0 aromatic heterocycles. The number of rotatable bonds is 2. The van der Waals surface area contributed by atoms with Gasteiger partial charge in [0.05, 0.1) is 4.59 Å². The zero-order valence-corrected chi connectivity index (χ0v) is 10.1. The van der Waals surface area contributed by atoms with Crippen LogP contribution in [-0.4, -0.2) is 10.9 Å². The molecule has 10 heavy (non-hydrogen) atoms. The van der Waals surface area contributed by atoms with Gasteiger partial charge in [-0.3, -0.25) is 0 Å². The Labute approximate surface area is 77.7 Å². The van der Waals surface area contributed by atoms with Crippen LogP contribution in [0.4, 0.5) is 0 Å². The van der Waals surface area contributed by atoms with Gasteiger partial charge in [0.2, 0.25) is 0 Å². The number of hydrogen-bond donors (Lipinski definition) is 0. The van der Waals surface area contributed by atoms with Crippen LogP contribution >= 0.6 is 27.2 Å². The van der Waals surface area contributed by atoms with Crippen molar-refractivity contribution in [1.29, 1.82) is 0 Å². The summed E-state index contributed by atoms with van der Waals surface area (Å²) in [6, 6.07) is 0. The summed E-state index contributed by atoms with van der Waals surface area (Å²) >= 11 is 13.1. The molecule has 4 heteroatoms. The molecule has 0 saturated heterocycles. The molecular weight excluding hydrogens is 203 g/mol. The van der Waals surface area contributed by atoms with Crippen LogP contribution in [-0.2, 0) is 11.8 Å². The molecule has 0 aliphatic carbocycles. The summed E-state index contributed by atoms with van der Waals surface area (Å²) in [5.74, 6) is 0. The van der Waals surface area contributed by atoms with Crippen molar-refractivity contribution in [3.8, 4) is 0 Å². The molecule has 1 atom stereocenters. The highest BCUT2D eigenvalue weighted by atomic mass is 35.7. The zero-order valence-electron chi connectivity index (χ0n) is 6.85. The van der Waals surface area contributed by atoms with Crippen molar-refractivity contribution in [2.75, 3.05) is 6.16 Å².